The Kier molecular flexibility index (Phi) is 4.50. The first-order chi connectivity index (χ1) is 11.0. The molecule has 1 saturated heterocycles. The summed E-state index contributed by atoms with van der Waals surface area (Å²) >= 11 is 0. The van der Waals surface area contributed by atoms with Crippen LogP contribution in [0, 0.1) is 6.92 Å². The Morgan fingerprint density at radius 1 is 1.00 bits per heavy atom. The zero-order valence-corrected chi connectivity index (χ0v) is 13.6. The van der Waals surface area contributed by atoms with E-state index in [0.29, 0.717) is 13.2 Å². The normalized spacial score (nSPS) is 17.3. The molecule has 1 aliphatic rings. The zero-order valence-electron chi connectivity index (χ0n) is 12.8. The van der Waals surface area contributed by atoms with Crippen LogP contribution in [0.2, 0.25) is 0 Å². The minimum absolute atomic E-state index is 0.115. The van der Waals surface area contributed by atoms with Crippen LogP contribution in [0.3, 0.4) is 0 Å². The molecule has 0 N–H and O–H groups in total. The molecule has 0 amide bonds. The number of hydrogen-bond donors (Lipinski definition) is 0. The van der Waals surface area contributed by atoms with Gasteiger partial charge in [0.1, 0.15) is 6.61 Å². The second-order valence-electron chi connectivity index (χ2n) is 5.35. The first-order valence-corrected chi connectivity index (χ1v) is 8.72. The molecule has 2 aromatic carbocycles. The third kappa shape index (κ3) is 3.45. The lowest BCUT2D eigenvalue weighted by Gasteiger charge is -2.27. The van der Waals surface area contributed by atoms with Crippen LogP contribution in [0.5, 0.6) is 0 Å². The standard InChI is InChI=1S/C17H18O5S/c1-14-7-9-16(10-8-14)23(18,19)22-13-17(20-11-12-21-17)15-5-3-2-4-6-15/h2-10H,11-13H2,1H3. The molecule has 2 aromatic rings. The molecule has 5 nitrogen and oxygen atoms in total. The largest absolute Gasteiger partial charge is 0.342 e. The summed E-state index contributed by atoms with van der Waals surface area (Å²) in [6, 6.07) is 15.7. The number of benzene rings is 2. The highest BCUT2D eigenvalue weighted by atomic mass is 32.2. The molecule has 23 heavy (non-hydrogen) atoms. The van der Waals surface area contributed by atoms with Crippen LogP contribution in [-0.4, -0.2) is 28.2 Å². The maximum Gasteiger partial charge on any atom is 0.297 e. The molecule has 3 rings (SSSR count). The molecule has 0 atom stereocenters. The number of aryl methyl sites for hydroxylation is 1. The Morgan fingerprint density at radius 3 is 2.22 bits per heavy atom. The molecule has 1 fully saturated rings. The lowest BCUT2D eigenvalue weighted by molar-refractivity contribution is -0.185. The molecule has 1 heterocycles. The van der Waals surface area contributed by atoms with Gasteiger partial charge < -0.3 is 9.47 Å². The van der Waals surface area contributed by atoms with Crippen molar-refractivity contribution >= 4 is 10.1 Å². The van der Waals surface area contributed by atoms with Gasteiger partial charge in [0.25, 0.3) is 10.1 Å². The molecular weight excluding hydrogens is 316 g/mol. The van der Waals surface area contributed by atoms with Gasteiger partial charge in [-0.3, -0.25) is 4.18 Å². The van der Waals surface area contributed by atoms with Crippen LogP contribution in [0.25, 0.3) is 0 Å². The highest BCUT2D eigenvalue weighted by Crippen LogP contribution is 2.32. The van der Waals surface area contributed by atoms with E-state index in [1.807, 2.05) is 37.3 Å². The van der Waals surface area contributed by atoms with Crippen molar-refractivity contribution in [2.24, 2.45) is 0 Å². The van der Waals surface area contributed by atoms with Gasteiger partial charge in [-0.05, 0) is 19.1 Å². The fourth-order valence-electron chi connectivity index (χ4n) is 2.41. The maximum absolute atomic E-state index is 12.3. The summed E-state index contributed by atoms with van der Waals surface area (Å²) in [5.41, 5.74) is 1.71. The summed E-state index contributed by atoms with van der Waals surface area (Å²) in [6.45, 7) is 2.45. The van der Waals surface area contributed by atoms with Crippen LogP contribution in [0.4, 0.5) is 0 Å². The van der Waals surface area contributed by atoms with E-state index >= 15 is 0 Å². The van der Waals surface area contributed by atoms with Gasteiger partial charge in [0.2, 0.25) is 5.79 Å². The van der Waals surface area contributed by atoms with Crippen molar-refractivity contribution in [1.82, 2.24) is 0 Å². The third-order valence-corrected chi connectivity index (χ3v) is 4.96. The van der Waals surface area contributed by atoms with Gasteiger partial charge in [0, 0.05) is 5.56 Å². The molecule has 1 aliphatic heterocycles. The average Bonchev–Trinajstić information content (AvgIpc) is 3.05. The summed E-state index contributed by atoms with van der Waals surface area (Å²) in [5.74, 6) is -1.18. The summed E-state index contributed by atoms with van der Waals surface area (Å²) in [7, 11) is -3.87. The van der Waals surface area contributed by atoms with Crippen molar-refractivity contribution in [3.63, 3.8) is 0 Å². The zero-order chi connectivity index (χ0) is 16.3. The van der Waals surface area contributed by atoms with Crippen LogP contribution in [-0.2, 0) is 29.6 Å². The summed E-state index contributed by atoms with van der Waals surface area (Å²) in [5, 5.41) is 0. The molecule has 122 valence electrons. The SMILES string of the molecule is Cc1ccc(S(=O)(=O)OCC2(c3ccccc3)OCCO2)cc1. The van der Waals surface area contributed by atoms with E-state index in [1.165, 1.54) is 12.1 Å². The molecule has 0 aliphatic carbocycles. The van der Waals surface area contributed by atoms with Crippen molar-refractivity contribution in [3.8, 4) is 0 Å². The second-order valence-corrected chi connectivity index (χ2v) is 6.96. The minimum atomic E-state index is -3.87. The predicted molar refractivity (Wildman–Crippen MR) is 84.3 cm³/mol. The van der Waals surface area contributed by atoms with Gasteiger partial charge in [-0.1, -0.05) is 48.0 Å². The highest BCUT2D eigenvalue weighted by Gasteiger charge is 2.40. The number of ether oxygens (including phenoxy) is 2. The van der Waals surface area contributed by atoms with Gasteiger partial charge in [0.05, 0.1) is 18.1 Å². The van der Waals surface area contributed by atoms with Crippen LogP contribution >= 0.6 is 0 Å². The first kappa shape index (κ1) is 16.1. The highest BCUT2D eigenvalue weighted by molar-refractivity contribution is 7.86. The Balaban J connectivity index is 1.81. The van der Waals surface area contributed by atoms with E-state index in [-0.39, 0.29) is 11.5 Å². The molecule has 0 aromatic heterocycles. The predicted octanol–water partition coefficient (Wildman–Crippen LogP) is 2.60. The van der Waals surface area contributed by atoms with Crippen molar-refractivity contribution in [2.75, 3.05) is 19.8 Å². The van der Waals surface area contributed by atoms with E-state index in [1.54, 1.807) is 12.1 Å². The number of hydrogen-bond acceptors (Lipinski definition) is 5. The summed E-state index contributed by atoms with van der Waals surface area (Å²) < 4.78 is 41.2. The Bertz CT molecular complexity index is 747. The molecule has 0 bridgehead atoms. The van der Waals surface area contributed by atoms with E-state index in [9.17, 15) is 8.42 Å². The Labute approximate surface area is 135 Å². The van der Waals surface area contributed by atoms with Crippen LogP contribution in [0.1, 0.15) is 11.1 Å². The van der Waals surface area contributed by atoms with Crippen molar-refractivity contribution < 1.29 is 22.1 Å². The molecule has 6 heteroatoms. The van der Waals surface area contributed by atoms with Gasteiger partial charge >= 0.3 is 0 Å². The fourth-order valence-corrected chi connectivity index (χ4v) is 3.32. The van der Waals surface area contributed by atoms with Gasteiger partial charge in [0.15, 0.2) is 0 Å². The monoisotopic (exact) mass is 334 g/mol. The van der Waals surface area contributed by atoms with Gasteiger partial charge in [-0.2, -0.15) is 8.42 Å². The van der Waals surface area contributed by atoms with Crippen LogP contribution in [0.15, 0.2) is 59.5 Å². The molecule has 0 radical (unpaired) electrons. The fraction of sp³-hybridized carbons (Fsp3) is 0.294. The maximum atomic E-state index is 12.3. The lowest BCUT2D eigenvalue weighted by atomic mass is 10.1. The number of rotatable bonds is 5. The van der Waals surface area contributed by atoms with E-state index in [2.05, 4.69) is 0 Å². The molecular formula is C17H18O5S. The second kappa shape index (κ2) is 6.41. The quantitative estimate of drug-likeness (QED) is 0.787. The summed E-state index contributed by atoms with van der Waals surface area (Å²) in [6.07, 6.45) is 0. The molecule has 0 spiro atoms. The topological polar surface area (TPSA) is 61.8 Å². The van der Waals surface area contributed by atoms with E-state index < -0.39 is 15.9 Å². The average molecular weight is 334 g/mol. The van der Waals surface area contributed by atoms with Gasteiger partial charge in [-0.25, -0.2) is 0 Å². The van der Waals surface area contributed by atoms with Gasteiger partial charge in [-0.15, -0.1) is 0 Å². The first-order valence-electron chi connectivity index (χ1n) is 7.31. The van der Waals surface area contributed by atoms with Crippen molar-refractivity contribution in [1.29, 1.82) is 0 Å². The molecule has 0 unspecified atom stereocenters. The summed E-state index contributed by atoms with van der Waals surface area (Å²) in [4.78, 5) is 0.115. The lowest BCUT2D eigenvalue weighted by Crippen LogP contribution is -2.34. The Morgan fingerprint density at radius 2 is 1.61 bits per heavy atom. The smallest absolute Gasteiger partial charge is 0.297 e. The van der Waals surface area contributed by atoms with Crippen molar-refractivity contribution in [2.45, 2.75) is 17.6 Å². The minimum Gasteiger partial charge on any atom is -0.342 e. The van der Waals surface area contributed by atoms with E-state index in [0.717, 1.165) is 11.1 Å². The molecule has 0 saturated carbocycles. The van der Waals surface area contributed by atoms with Crippen LogP contribution < -0.4 is 0 Å². The third-order valence-electron chi connectivity index (χ3n) is 3.68. The Hall–Kier alpha value is -1.73. The van der Waals surface area contributed by atoms with E-state index in [4.69, 9.17) is 13.7 Å². The van der Waals surface area contributed by atoms with Crippen molar-refractivity contribution in [3.05, 3.63) is 65.7 Å².